The fraction of sp³-hybridized carbons (Fsp3) is 0.353. The van der Waals surface area contributed by atoms with Gasteiger partial charge in [0, 0.05) is 28.6 Å². The van der Waals surface area contributed by atoms with Crippen LogP contribution >= 0.6 is 22.9 Å². The number of carbonyl (C=O) groups is 2. The Morgan fingerprint density at radius 3 is 2.62 bits per heavy atom. The van der Waals surface area contributed by atoms with Gasteiger partial charge in [0.2, 0.25) is 0 Å². The fourth-order valence-corrected chi connectivity index (χ4v) is 3.33. The molecule has 1 amide bonds. The number of hydrogen-bond acceptors (Lipinski definition) is 4. The molecule has 1 fully saturated rings. The molecule has 0 aliphatic heterocycles. The molecule has 1 aliphatic rings. The van der Waals surface area contributed by atoms with E-state index in [1.807, 2.05) is 12.1 Å². The summed E-state index contributed by atoms with van der Waals surface area (Å²) in [5, 5.41) is 12.2. The summed E-state index contributed by atoms with van der Waals surface area (Å²) >= 11 is 7.28. The molecule has 5 nitrogen and oxygen atoms in total. The van der Waals surface area contributed by atoms with Gasteiger partial charge in [0.25, 0.3) is 5.91 Å². The van der Waals surface area contributed by atoms with Crippen LogP contribution in [0.25, 0.3) is 10.6 Å². The van der Waals surface area contributed by atoms with Crippen molar-refractivity contribution in [1.29, 1.82) is 0 Å². The number of carboxylic acid groups (broad SMARTS) is 1. The monoisotopic (exact) mass is 364 g/mol. The Labute approximate surface area is 148 Å². The van der Waals surface area contributed by atoms with E-state index in [2.05, 4.69) is 4.98 Å². The zero-order chi connectivity index (χ0) is 17.3. The average molecular weight is 365 g/mol. The van der Waals surface area contributed by atoms with E-state index in [0.717, 1.165) is 23.4 Å². The predicted molar refractivity (Wildman–Crippen MR) is 93.4 cm³/mol. The van der Waals surface area contributed by atoms with Gasteiger partial charge in [0.1, 0.15) is 10.7 Å². The molecule has 0 bridgehead atoms. The van der Waals surface area contributed by atoms with Crippen LogP contribution in [0.5, 0.6) is 0 Å². The van der Waals surface area contributed by atoms with E-state index in [4.69, 9.17) is 16.7 Å². The number of amides is 1. The lowest BCUT2D eigenvalue weighted by molar-refractivity contribution is -0.141. The first kappa shape index (κ1) is 16.9. The number of carbonyl (C=O) groups excluding carboxylic acids is 1. The number of hydrogen-bond donors (Lipinski definition) is 1. The second kappa shape index (κ2) is 6.91. The molecule has 1 atom stereocenters. The topological polar surface area (TPSA) is 70.5 Å². The molecule has 0 spiro atoms. The second-order valence-electron chi connectivity index (χ2n) is 5.97. The molecule has 126 valence electrons. The van der Waals surface area contributed by atoms with Gasteiger partial charge in [-0.15, -0.1) is 11.3 Å². The maximum absolute atomic E-state index is 12.7. The lowest BCUT2D eigenvalue weighted by Crippen LogP contribution is -2.38. The van der Waals surface area contributed by atoms with Crippen molar-refractivity contribution in [2.75, 3.05) is 6.54 Å². The standard InChI is InChI=1S/C17H17ClN2O3S/c1-10(17(22)23)8-20(13-6-7-13)16(21)14-9-24-15(19-14)11-2-4-12(18)5-3-11/h2-5,9-10,13H,6-8H2,1H3,(H,22,23). The van der Waals surface area contributed by atoms with E-state index in [9.17, 15) is 9.59 Å². The Morgan fingerprint density at radius 2 is 2.04 bits per heavy atom. The number of carboxylic acids is 1. The first-order valence-electron chi connectivity index (χ1n) is 7.71. The van der Waals surface area contributed by atoms with Crippen molar-refractivity contribution in [3.05, 3.63) is 40.4 Å². The maximum Gasteiger partial charge on any atom is 0.308 e. The summed E-state index contributed by atoms with van der Waals surface area (Å²) in [6.45, 7) is 1.83. The molecule has 3 rings (SSSR count). The highest BCUT2D eigenvalue weighted by Gasteiger charge is 2.35. The molecule has 1 heterocycles. The molecular formula is C17H17ClN2O3S. The highest BCUT2D eigenvalue weighted by Crippen LogP contribution is 2.31. The lowest BCUT2D eigenvalue weighted by Gasteiger charge is -2.23. The fourth-order valence-electron chi connectivity index (χ4n) is 2.40. The highest BCUT2D eigenvalue weighted by molar-refractivity contribution is 7.13. The summed E-state index contributed by atoms with van der Waals surface area (Å²) in [5.74, 6) is -1.68. The van der Waals surface area contributed by atoms with E-state index in [1.54, 1.807) is 29.3 Å². The van der Waals surface area contributed by atoms with Gasteiger partial charge in [-0.2, -0.15) is 0 Å². The van der Waals surface area contributed by atoms with Gasteiger partial charge < -0.3 is 10.0 Å². The minimum Gasteiger partial charge on any atom is -0.481 e. The molecule has 2 aromatic rings. The molecule has 7 heteroatoms. The van der Waals surface area contributed by atoms with E-state index in [-0.39, 0.29) is 18.5 Å². The van der Waals surface area contributed by atoms with Gasteiger partial charge in [-0.25, -0.2) is 4.98 Å². The first-order chi connectivity index (χ1) is 11.5. The molecule has 0 saturated heterocycles. The van der Waals surface area contributed by atoms with Crippen LogP contribution in [0.1, 0.15) is 30.3 Å². The van der Waals surface area contributed by atoms with Crippen LogP contribution in [0.3, 0.4) is 0 Å². The van der Waals surface area contributed by atoms with Crippen molar-refractivity contribution < 1.29 is 14.7 Å². The lowest BCUT2D eigenvalue weighted by atomic mass is 10.1. The van der Waals surface area contributed by atoms with Crippen molar-refractivity contribution in [2.24, 2.45) is 5.92 Å². The van der Waals surface area contributed by atoms with Gasteiger partial charge in [0.05, 0.1) is 5.92 Å². The third kappa shape index (κ3) is 3.76. The van der Waals surface area contributed by atoms with E-state index in [1.165, 1.54) is 11.3 Å². The minimum absolute atomic E-state index is 0.139. The molecule has 1 saturated carbocycles. The summed E-state index contributed by atoms with van der Waals surface area (Å²) < 4.78 is 0. The Hall–Kier alpha value is -1.92. The van der Waals surface area contributed by atoms with Gasteiger partial charge >= 0.3 is 5.97 Å². The van der Waals surface area contributed by atoms with Crippen LogP contribution in [0, 0.1) is 5.92 Å². The van der Waals surface area contributed by atoms with Gasteiger partial charge in [-0.05, 0) is 25.0 Å². The summed E-state index contributed by atoms with van der Waals surface area (Å²) in [6, 6.07) is 7.43. The largest absolute Gasteiger partial charge is 0.481 e. The molecule has 1 N–H and O–H groups in total. The van der Waals surface area contributed by atoms with E-state index < -0.39 is 11.9 Å². The molecule has 1 aromatic heterocycles. The quantitative estimate of drug-likeness (QED) is 0.846. The number of thiazole rings is 1. The van der Waals surface area contributed by atoms with Crippen LogP contribution in [0.15, 0.2) is 29.6 Å². The Kier molecular flexibility index (Phi) is 4.87. The zero-order valence-electron chi connectivity index (χ0n) is 13.1. The molecule has 0 radical (unpaired) electrons. The smallest absolute Gasteiger partial charge is 0.308 e. The summed E-state index contributed by atoms with van der Waals surface area (Å²) in [6.07, 6.45) is 1.85. The SMILES string of the molecule is CC(CN(C(=O)c1csc(-c2ccc(Cl)cc2)n1)C1CC1)C(=O)O. The summed E-state index contributed by atoms with van der Waals surface area (Å²) in [4.78, 5) is 29.9. The summed E-state index contributed by atoms with van der Waals surface area (Å²) in [7, 11) is 0. The molecule has 1 unspecified atom stereocenters. The van der Waals surface area contributed by atoms with Crippen LogP contribution < -0.4 is 0 Å². The number of benzene rings is 1. The zero-order valence-corrected chi connectivity index (χ0v) is 14.7. The maximum atomic E-state index is 12.7. The predicted octanol–water partition coefficient (Wildman–Crippen LogP) is 3.79. The first-order valence-corrected chi connectivity index (χ1v) is 8.96. The Morgan fingerprint density at radius 1 is 1.38 bits per heavy atom. The van der Waals surface area contributed by atoms with Crippen LogP contribution in [-0.2, 0) is 4.79 Å². The number of aliphatic carboxylic acids is 1. The van der Waals surface area contributed by atoms with Crippen LogP contribution in [0.4, 0.5) is 0 Å². The van der Waals surface area contributed by atoms with Gasteiger partial charge in [-0.3, -0.25) is 9.59 Å². The van der Waals surface area contributed by atoms with E-state index >= 15 is 0 Å². The van der Waals surface area contributed by atoms with Crippen molar-refractivity contribution >= 4 is 34.8 Å². The highest BCUT2D eigenvalue weighted by atomic mass is 35.5. The normalized spacial score (nSPS) is 15.1. The van der Waals surface area contributed by atoms with Crippen LogP contribution in [-0.4, -0.2) is 39.5 Å². The second-order valence-corrected chi connectivity index (χ2v) is 7.27. The van der Waals surface area contributed by atoms with Crippen LogP contribution in [0.2, 0.25) is 5.02 Å². The number of rotatable bonds is 6. The minimum atomic E-state index is -0.895. The average Bonchev–Trinajstić information content (AvgIpc) is 3.28. The van der Waals surface area contributed by atoms with Crippen molar-refractivity contribution in [1.82, 2.24) is 9.88 Å². The Bertz CT molecular complexity index is 755. The number of halogens is 1. The van der Waals surface area contributed by atoms with Crippen molar-refractivity contribution in [3.63, 3.8) is 0 Å². The third-order valence-corrected chi connectivity index (χ3v) is 5.10. The number of aromatic nitrogens is 1. The van der Waals surface area contributed by atoms with Gasteiger partial charge in [0.15, 0.2) is 0 Å². The molecule has 1 aliphatic carbocycles. The summed E-state index contributed by atoms with van der Waals surface area (Å²) in [5.41, 5.74) is 1.27. The number of nitrogens with zero attached hydrogens (tertiary/aromatic N) is 2. The van der Waals surface area contributed by atoms with E-state index in [0.29, 0.717) is 10.7 Å². The van der Waals surface area contributed by atoms with Gasteiger partial charge in [-0.1, -0.05) is 30.7 Å². The van der Waals surface area contributed by atoms with Crippen molar-refractivity contribution in [2.45, 2.75) is 25.8 Å². The molecular weight excluding hydrogens is 348 g/mol. The third-order valence-electron chi connectivity index (χ3n) is 3.96. The Balaban J connectivity index is 1.78. The molecule has 1 aromatic carbocycles. The molecule has 24 heavy (non-hydrogen) atoms. The van der Waals surface area contributed by atoms with Crippen molar-refractivity contribution in [3.8, 4) is 10.6 Å².